The van der Waals surface area contributed by atoms with E-state index in [1.807, 2.05) is 0 Å². The van der Waals surface area contributed by atoms with Crippen molar-refractivity contribution in [3.05, 3.63) is 0 Å². The fraction of sp³-hybridized carbons (Fsp3) is 1.00. The molecule has 2 bridgehead atoms. The van der Waals surface area contributed by atoms with Crippen molar-refractivity contribution >= 4 is 0 Å². The predicted molar refractivity (Wildman–Crippen MR) is 66.1 cm³/mol. The Hall–Kier alpha value is -0.0400. The molecule has 1 nitrogen and oxygen atoms in total. The summed E-state index contributed by atoms with van der Waals surface area (Å²) in [6, 6.07) is 0. The molecule has 0 unspecified atom stereocenters. The average Bonchev–Trinajstić information content (AvgIpc) is 2.50. The summed E-state index contributed by atoms with van der Waals surface area (Å²) in [5.41, 5.74) is 1.44. The fourth-order valence-corrected chi connectivity index (χ4v) is 6.00. The molecular weight excluding hydrogens is 196 g/mol. The van der Waals surface area contributed by atoms with Crippen molar-refractivity contribution in [1.82, 2.24) is 0 Å². The molecule has 0 heterocycles. The number of aliphatic hydroxyl groups is 1. The summed E-state index contributed by atoms with van der Waals surface area (Å²) < 4.78 is 0. The molecule has 1 heteroatoms. The van der Waals surface area contributed by atoms with E-state index in [9.17, 15) is 5.11 Å². The Kier molecular flexibility index (Phi) is 1.86. The lowest BCUT2D eigenvalue weighted by atomic mass is 9.47. The SMILES string of the molecule is CC1(C)CCC[C@@]2(C)[C@@]13CC[C@@]2(C)[C@H](O)C3. The number of hydrogen-bond acceptors (Lipinski definition) is 1. The van der Waals surface area contributed by atoms with Crippen LogP contribution in [0.3, 0.4) is 0 Å². The molecule has 3 rings (SSSR count). The van der Waals surface area contributed by atoms with Gasteiger partial charge in [0, 0.05) is 0 Å². The molecule has 4 atom stereocenters. The number of aliphatic hydroxyl groups excluding tert-OH is 1. The van der Waals surface area contributed by atoms with Gasteiger partial charge in [0.1, 0.15) is 0 Å². The van der Waals surface area contributed by atoms with Crippen molar-refractivity contribution in [3.63, 3.8) is 0 Å². The van der Waals surface area contributed by atoms with Crippen molar-refractivity contribution < 1.29 is 5.11 Å². The van der Waals surface area contributed by atoms with E-state index in [1.54, 1.807) is 0 Å². The van der Waals surface area contributed by atoms with Crippen molar-refractivity contribution in [3.8, 4) is 0 Å². The van der Waals surface area contributed by atoms with E-state index in [-0.39, 0.29) is 11.5 Å². The van der Waals surface area contributed by atoms with E-state index in [2.05, 4.69) is 27.7 Å². The van der Waals surface area contributed by atoms with Crippen molar-refractivity contribution in [1.29, 1.82) is 0 Å². The molecule has 0 aromatic carbocycles. The second-order valence-corrected chi connectivity index (χ2v) is 7.79. The highest BCUT2D eigenvalue weighted by atomic mass is 16.3. The van der Waals surface area contributed by atoms with Gasteiger partial charge in [-0.3, -0.25) is 0 Å². The van der Waals surface area contributed by atoms with Crippen LogP contribution >= 0.6 is 0 Å². The smallest absolute Gasteiger partial charge is 0.0604 e. The molecule has 0 aliphatic heterocycles. The summed E-state index contributed by atoms with van der Waals surface area (Å²) in [4.78, 5) is 0. The molecule has 3 aliphatic carbocycles. The second kappa shape index (κ2) is 2.68. The van der Waals surface area contributed by atoms with Gasteiger partial charge < -0.3 is 5.11 Å². The lowest BCUT2D eigenvalue weighted by Crippen LogP contribution is -2.49. The first-order valence-electron chi connectivity index (χ1n) is 6.97. The number of rotatable bonds is 0. The Morgan fingerprint density at radius 2 is 1.62 bits per heavy atom. The van der Waals surface area contributed by atoms with Gasteiger partial charge in [-0.15, -0.1) is 0 Å². The topological polar surface area (TPSA) is 20.2 Å². The van der Waals surface area contributed by atoms with Crippen molar-refractivity contribution in [2.24, 2.45) is 21.7 Å². The van der Waals surface area contributed by atoms with Crippen LogP contribution in [0.5, 0.6) is 0 Å². The summed E-state index contributed by atoms with van der Waals surface area (Å²) in [6.45, 7) is 9.74. The first-order chi connectivity index (χ1) is 7.29. The zero-order valence-electron chi connectivity index (χ0n) is 11.3. The van der Waals surface area contributed by atoms with Crippen molar-refractivity contribution in [2.75, 3.05) is 0 Å². The van der Waals surface area contributed by atoms with E-state index >= 15 is 0 Å². The van der Waals surface area contributed by atoms with E-state index in [4.69, 9.17) is 0 Å². The lowest BCUT2D eigenvalue weighted by Gasteiger charge is -2.57. The minimum atomic E-state index is -0.0522. The van der Waals surface area contributed by atoms with Gasteiger partial charge in [0.05, 0.1) is 6.10 Å². The van der Waals surface area contributed by atoms with Crippen LogP contribution in [0.25, 0.3) is 0 Å². The summed E-state index contributed by atoms with van der Waals surface area (Å²) in [5, 5.41) is 10.5. The van der Waals surface area contributed by atoms with Crippen LogP contribution in [0, 0.1) is 21.7 Å². The maximum atomic E-state index is 10.5. The molecule has 0 spiro atoms. The predicted octanol–water partition coefficient (Wildman–Crippen LogP) is 3.75. The monoisotopic (exact) mass is 222 g/mol. The van der Waals surface area contributed by atoms with Gasteiger partial charge in [-0.05, 0) is 53.8 Å². The highest BCUT2D eigenvalue weighted by Gasteiger charge is 2.75. The summed E-state index contributed by atoms with van der Waals surface area (Å²) in [5.74, 6) is 0. The Balaban J connectivity index is 2.18. The lowest BCUT2D eigenvalue weighted by molar-refractivity contribution is -0.0830. The maximum absolute atomic E-state index is 10.5. The molecule has 0 amide bonds. The van der Waals surface area contributed by atoms with Gasteiger partial charge >= 0.3 is 0 Å². The molecule has 1 N–H and O–H groups in total. The van der Waals surface area contributed by atoms with Crippen LogP contribution in [0.2, 0.25) is 0 Å². The van der Waals surface area contributed by atoms with E-state index < -0.39 is 0 Å². The third kappa shape index (κ3) is 0.836. The molecule has 3 aliphatic rings. The highest BCUT2D eigenvalue weighted by molar-refractivity contribution is 5.24. The van der Waals surface area contributed by atoms with Crippen LogP contribution < -0.4 is 0 Å². The van der Waals surface area contributed by atoms with E-state index in [0.29, 0.717) is 16.2 Å². The molecule has 92 valence electrons. The van der Waals surface area contributed by atoms with E-state index in [1.165, 1.54) is 32.1 Å². The van der Waals surface area contributed by atoms with E-state index in [0.717, 1.165) is 6.42 Å². The fourth-order valence-electron chi connectivity index (χ4n) is 6.00. The Labute approximate surface area is 99.6 Å². The zero-order valence-corrected chi connectivity index (χ0v) is 11.3. The minimum Gasteiger partial charge on any atom is -0.393 e. The first kappa shape index (κ1) is 11.1. The molecule has 16 heavy (non-hydrogen) atoms. The zero-order chi connectivity index (χ0) is 11.8. The third-order valence-corrected chi connectivity index (χ3v) is 7.44. The van der Waals surface area contributed by atoms with Gasteiger partial charge in [-0.25, -0.2) is 0 Å². The molecule has 3 fully saturated rings. The average molecular weight is 222 g/mol. The molecular formula is C15H26O. The summed E-state index contributed by atoms with van der Waals surface area (Å²) in [7, 11) is 0. The van der Waals surface area contributed by atoms with Gasteiger partial charge in [0.2, 0.25) is 0 Å². The van der Waals surface area contributed by atoms with Crippen LogP contribution in [-0.4, -0.2) is 11.2 Å². The summed E-state index contributed by atoms with van der Waals surface area (Å²) >= 11 is 0. The van der Waals surface area contributed by atoms with Gasteiger partial charge in [-0.1, -0.05) is 34.1 Å². The summed E-state index contributed by atoms with van der Waals surface area (Å²) in [6.07, 6.45) is 7.65. The Morgan fingerprint density at radius 1 is 0.938 bits per heavy atom. The molecule has 0 saturated heterocycles. The molecule has 3 saturated carbocycles. The normalized spacial score (nSPS) is 58.7. The Bertz CT molecular complexity index is 334. The first-order valence-corrected chi connectivity index (χ1v) is 6.97. The van der Waals surface area contributed by atoms with Crippen LogP contribution in [-0.2, 0) is 0 Å². The molecule has 0 radical (unpaired) electrons. The third-order valence-electron chi connectivity index (χ3n) is 7.44. The molecule has 0 aromatic rings. The van der Waals surface area contributed by atoms with Gasteiger partial charge in [0.15, 0.2) is 0 Å². The second-order valence-electron chi connectivity index (χ2n) is 7.79. The standard InChI is InChI=1S/C15H26O/c1-12(2)6-5-7-14(4)13(3)8-9-15(12,14)10-11(13)16/h11,16H,5-10H2,1-4H3/t11-,13+,14-,15-/m1/s1. The number of hydrogen-bond donors (Lipinski definition) is 1. The highest BCUT2D eigenvalue weighted by Crippen LogP contribution is 2.80. The van der Waals surface area contributed by atoms with Crippen LogP contribution in [0.4, 0.5) is 0 Å². The Morgan fingerprint density at radius 3 is 2.19 bits per heavy atom. The van der Waals surface area contributed by atoms with Gasteiger partial charge in [0.25, 0.3) is 0 Å². The largest absolute Gasteiger partial charge is 0.393 e. The minimum absolute atomic E-state index is 0.0522. The molecule has 0 aromatic heterocycles. The van der Waals surface area contributed by atoms with Gasteiger partial charge in [-0.2, -0.15) is 0 Å². The maximum Gasteiger partial charge on any atom is 0.0604 e. The van der Waals surface area contributed by atoms with Crippen LogP contribution in [0.15, 0.2) is 0 Å². The van der Waals surface area contributed by atoms with Crippen LogP contribution in [0.1, 0.15) is 66.2 Å². The van der Waals surface area contributed by atoms with Crippen molar-refractivity contribution in [2.45, 2.75) is 72.3 Å². The quantitative estimate of drug-likeness (QED) is 0.662.